The Hall–Kier alpha value is -2.68. The van der Waals surface area contributed by atoms with Gasteiger partial charge < -0.3 is 26.0 Å². The summed E-state index contributed by atoms with van der Waals surface area (Å²) in [7, 11) is 0. The van der Waals surface area contributed by atoms with Crippen LogP contribution in [0.1, 0.15) is 30.9 Å². The van der Waals surface area contributed by atoms with E-state index in [4.69, 9.17) is 17.3 Å². The number of piperidine rings is 1. The van der Waals surface area contributed by atoms with Crippen LogP contribution in [0.4, 0.5) is 5.82 Å². The van der Waals surface area contributed by atoms with Gasteiger partial charge >= 0.3 is 0 Å². The lowest BCUT2D eigenvalue weighted by molar-refractivity contribution is -0.128. The maximum absolute atomic E-state index is 13.1. The second-order valence-electron chi connectivity index (χ2n) is 7.67. The molecule has 30 heavy (non-hydrogen) atoms. The predicted octanol–water partition coefficient (Wildman–Crippen LogP) is 2.15. The van der Waals surface area contributed by atoms with E-state index in [2.05, 4.69) is 25.2 Å². The second kappa shape index (κ2) is 8.59. The lowest BCUT2D eigenvalue weighted by Crippen LogP contribution is -2.60. The van der Waals surface area contributed by atoms with Crippen molar-refractivity contribution in [1.29, 1.82) is 0 Å². The summed E-state index contributed by atoms with van der Waals surface area (Å²) < 4.78 is 0. The Morgan fingerprint density at radius 1 is 1.33 bits per heavy atom. The quantitative estimate of drug-likeness (QED) is 0.477. The fourth-order valence-electron chi connectivity index (χ4n) is 3.93. The van der Waals surface area contributed by atoms with Gasteiger partial charge in [-0.3, -0.25) is 4.79 Å². The monoisotopic (exact) mass is 428 g/mol. The normalized spacial score (nSPS) is 17.1. The molecular formula is C21H25ClN6O2. The smallest absolute Gasteiger partial charge is 0.240 e. The standard InChI is InChI=1S/C21H25ClN6O2/c22-15-3-1-2-14(12-15)17(5-11-29)27-20(30)21(23)6-9-28(10-7-21)19-16-4-8-24-18(16)25-13-26-19/h1-4,8,12-13,17,29H,5-7,9-11,23H2,(H,27,30)(H,24,25,26)/t17-/m0/s1. The van der Waals surface area contributed by atoms with Gasteiger partial charge in [0.15, 0.2) is 0 Å². The van der Waals surface area contributed by atoms with Gasteiger partial charge in [0.05, 0.1) is 17.0 Å². The minimum absolute atomic E-state index is 0.0524. The number of carbonyl (C=O) groups excluding carboxylic acids is 1. The summed E-state index contributed by atoms with van der Waals surface area (Å²) >= 11 is 6.09. The SMILES string of the molecule is NC1(C(=O)N[C@@H](CCO)c2cccc(Cl)c2)CCN(c2ncnc3[nH]ccc23)CC1. The van der Waals surface area contributed by atoms with E-state index in [9.17, 15) is 9.90 Å². The van der Waals surface area contributed by atoms with Gasteiger partial charge in [-0.05, 0) is 43.0 Å². The van der Waals surface area contributed by atoms with E-state index < -0.39 is 5.54 Å². The van der Waals surface area contributed by atoms with E-state index in [0.717, 1.165) is 22.4 Å². The molecule has 1 fully saturated rings. The molecule has 3 heterocycles. The highest BCUT2D eigenvalue weighted by atomic mass is 35.5. The summed E-state index contributed by atoms with van der Waals surface area (Å²) in [6.45, 7) is 1.18. The Bertz CT molecular complexity index is 1030. The number of anilines is 1. The molecule has 1 saturated heterocycles. The predicted molar refractivity (Wildman–Crippen MR) is 116 cm³/mol. The zero-order chi connectivity index (χ0) is 21.1. The van der Waals surface area contributed by atoms with Crippen molar-refractivity contribution in [3.8, 4) is 0 Å². The third kappa shape index (κ3) is 4.12. The largest absolute Gasteiger partial charge is 0.396 e. The molecule has 0 unspecified atom stereocenters. The third-order valence-corrected chi connectivity index (χ3v) is 5.95. The number of halogens is 1. The minimum atomic E-state index is -0.979. The molecule has 1 atom stereocenters. The molecule has 1 aromatic carbocycles. The average Bonchev–Trinajstić information content (AvgIpc) is 3.23. The van der Waals surface area contributed by atoms with Crippen LogP contribution in [0, 0.1) is 0 Å². The minimum Gasteiger partial charge on any atom is -0.396 e. The van der Waals surface area contributed by atoms with Gasteiger partial charge in [-0.15, -0.1) is 0 Å². The molecule has 0 radical (unpaired) electrons. The molecule has 2 aromatic heterocycles. The van der Waals surface area contributed by atoms with Crippen LogP contribution in [0.5, 0.6) is 0 Å². The summed E-state index contributed by atoms with van der Waals surface area (Å²) in [5.41, 5.74) is 7.18. The van der Waals surface area contributed by atoms with Crippen LogP contribution < -0.4 is 16.0 Å². The molecule has 158 valence electrons. The van der Waals surface area contributed by atoms with Gasteiger partial charge in [-0.2, -0.15) is 0 Å². The Morgan fingerprint density at radius 2 is 2.13 bits per heavy atom. The number of hydrogen-bond donors (Lipinski definition) is 4. The Balaban J connectivity index is 1.45. The van der Waals surface area contributed by atoms with Gasteiger partial charge in [0, 0.05) is 30.9 Å². The number of fused-ring (bicyclic) bond motifs is 1. The number of nitrogens with one attached hydrogen (secondary N) is 2. The van der Waals surface area contributed by atoms with Gasteiger partial charge in [-0.1, -0.05) is 23.7 Å². The molecule has 0 bridgehead atoms. The number of amides is 1. The molecule has 4 rings (SSSR count). The first-order valence-electron chi connectivity index (χ1n) is 9.99. The second-order valence-corrected chi connectivity index (χ2v) is 8.11. The molecule has 1 aliphatic rings. The lowest BCUT2D eigenvalue weighted by atomic mass is 9.87. The fourth-order valence-corrected chi connectivity index (χ4v) is 4.13. The number of nitrogens with two attached hydrogens (primary N) is 1. The van der Waals surface area contributed by atoms with Crippen LogP contribution in [0.15, 0.2) is 42.9 Å². The van der Waals surface area contributed by atoms with Crippen molar-refractivity contribution in [1.82, 2.24) is 20.3 Å². The van der Waals surface area contributed by atoms with Crippen LogP contribution in [-0.4, -0.2) is 51.2 Å². The van der Waals surface area contributed by atoms with Crippen LogP contribution in [0.25, 0.3) is 11.0 Å². The van der Waals surface area contributed by atoms with E-state index in [-0.39, 0.29) is 18.6 Å². The Labute approximate surface area is 179 Å². The summed E-state index contributed by atoms with van der Waals surface area (Å²) in [5, 5.41) is 14.0. The van der Waals surface area contributed by atoms with Crippen molar-refractivity contribution in [3.63, 3.8) is 0 Å². The molecule has 1 aliphatic heterocycles. The summed E-state index contributed by atoms with van der Waals surface area (Å²) in [6, 6.07) is 8.89. The number of aromatic nitrogens is 3. The van der Waals surface area contributed by atoms with Crippen LogP contribution in [0.3, 0.4) is 0 Å². The number of aliphatic hydroxyl groups is 1. The molecule has 9 heteroatoms. The Kier molecular flexibility index (Phi) is 5.90. The fraction of sp³-hybridized carbons (Fsp3) is 0.381. The molecular weight excluding hydrogens is 404 g/mol. The van der Waals surface area contributed by atoms with Gasteiger partial charge in [0.2, 0.25) is 5.91 Å². The zero-order valence-corrected chi connectivity index (χ0v) is 17.3. The van der Waals surface area contributed by atoms with Crippen molar-refractivity contribution < 1.29 is 9.90 Å². The van der Waals surface area contributed by atoms with E-state index in [1.807, 2.05) is 24.4 Å². The first-order valence-corrected chi connectivity index (χ1v) is 10.4. The van der Waals surface area contributed by atoms with Crippen LogP contribution >= 0.6 is 11.6 Å². The maximum atomic E-state index is 13.1. The highest BCUT2D eigenvalue weighted by Crippen LogP contribution is 2.29. The lowest BCUT2D eigenvalue weighted by Gasteiger charge is -2.39. The number of rotatable bonds is 6. The van der Waals surface area contributed by atoms with E-state index >= 15 is 0 Å². The highest BCUT2D eigenvalue weighted by molar-refractivity contribution is 6.30. The molecule has 0 aliphatic carbocycles. The van der Waals surface area contributed by atoms with Crippen molar-refractivity contribution >= 4 is 34.4 Å². The molecule has 3 aromatic rings. The van der Waals surface area contributed by atoms with Crippen LogP contribution in [-0.2, 0) is 4.79 Å². The van der Waals surface area contributed by atoms with Gasteiger partial charge in [-0.25, -0.2) is 9.97 Å². The maximum Gasteiger partial charge on any atom is 0.240 e. The number of aliphatic hydroxyl groups excluding tert-OH is 1. The van der Waals surface area contributed by atoms with Crippen molar-refractivity contribution in [2.75, 3.05) is 24.6 Å². The first kappa shape index (κ1) is 20.6. The van der Waals surface area contributed by atoms with Crippen molar-refractivity contribution in [3.05, 3.63) is 53.4 Å². The first-order chi connectivity index (χ1) is 14.5. The molecule has 8 nitrogen and oxygen atoms in total. The van der Waals surface area contributed by atoms with E-state index in [1.165, 1.54) is 6.33 Å². The van der Waals surface area contributed by atoms with Crippen LogP contribution in [0.2, 0.25) is 5.02 Å². The number of nitrogens with zero attached hydrogens (tertiary/aromatic N) is 3. The highest BCUT2D eigenvalue weighted by Gasteiger charge is 2.39. The molecule has 1 amide bonds. The third-order valence-electron chi connectivity index (χ3n) is 5.71. The summed E-state index contributed by atoms with van der Waals surface area (Å²) in [4.78, 5) is 27.0. The summed E-state index contributed by atoms with van der Waals surface area (Å²) in [5.74, 6) is 0.635. The zero-order valence-electron chi connectivity index (χ0n) is 16.5. The number of aromatic amines is 1. The van der Waals surface area contributed by atoms with Crippen molar-refractivity contribution in [2.45, 2.75) is 30.8 Å². The number of carbonyl (C=O) groups is 1. The van der Waals surface area contributed by atoms with E-state index in [0.29, 0.717) is 37.4 Å². The van der Waals surface area contributed by atoms with E-state index in [1.54, 1.807) is 12.1 Å². The molecule has 0 spiro atoms. The topological polar surface area (TPSA) is 120 Å². The number of benzene rings is 1. The van der Waals surface area contributed by atoms with Gasteiger partial charge in [0.25, 0.3) is 0 Å². The average molecular weight is 429 g/mol. The summed E-state index contributed by atoms with van der Waals surface area (Å²) in [6.07, 6.45) is 4.76. The molecule has 5 N–H and O–H groups in total. The number of hydrogen-bond acceptors (Lipinski definition) is 6. The Morgan fingerprint density at radius 3 is 2.87 bits per heavy atom. The van der Waals surface area contributed by atoms with Gasteiger partial charge in [0.1, 0.15) is 17.8 Å². The number of H-pyrrole nitrogens is 1. The van der Waals surface area contributed by atoms with Crippen molar-refractivity contribution in [2.24, 2.45) is 5.73 Å². The molecule has 0 saturated carbocycles.